The fourth-order valence-electron chi connectivity index (χ4n) is 1.62. The van der Waals surface area contributed by atoms with Gasteiger partial charge in [-0.05, 0) is 0 Å². The first-order valence-corrected chi connectivity index (χ1v) is 4.86. The first kappa shape index (κ1) is 10.7. The summed E-state index contributed by atoms with van der Waals surface area (Å²) in [6, 6.07) is -0.709. The predicted molar refractivity (Wildman–Crippen MR) is 53.6 cm³/mol. The monoisotopic (exact) mass is 226 g/mol. The van der Waals surface area contributed by atoms with E-state index in [0.29, 0.717) is 19.6 Å². The van der Waals surface area contributed by atoms with Crippen LogP contribution in [0, 0.1) is 5.82 Å². The van der Waals surface area contributed by atoms with Crippen LogP contribution >= 0.6 is 0 Å². The second-order valence-corrected chi connectivity index (χ2v) is 3.45. The smallest absolute Gasteiger partial charge is 0.327 e. The molecule has 0 aliphatic carbocycles. The summed E-state index contributed by atoms with van der Waals surface area (Å²) in [7, 11) is 0. The molecule has 1 saturated heterocycles. The Morgan fingerprint density at radius 1 is 1.56 bits per heavy atom. The largest absolute Gasteiger partial charge is 0.480 e. The number of halogens is 1. The fraction of sp³-hybridized carbons (Fsp3) is 0.444. The van der Waals surface area contributed by atoms with E-state index in [-0.39, 0.29) is 5.95 Å². The zero-order valence-electron chi connectivity index (χ0n) is 8.43. The molecule has 86 valence electrons. The van der Waals surface area contributed by atoms with Crippen LogP contribution in [0.15, 0.2) is 12.4 Å². The number of nitrogens with one attached hydrogen (secondary N) is 1. The summed E-state index contributed by atoms with van der Waals surface area (Å²) < 4.78 is 12.6. The van der Waals surface area contributed by atoms with Gasteiger partial charge >= 0.3 is 5.97 Å². The summed E-state index contributed by atoms with van der Waals surface area (Å²) in [5.74, 6) is -1.24. The third kappa shape index (κ3) is 2.08. The van der Waals surface area contributed by atoms with E-state index in [1.165, 1.54) is 0 Å². The number of aliphatic carboxylic acids is 1. The van der Waals surface area contributed by atoms with Crippen molar-refractivity contribution in [3.8, 4) is 0 Å². The minimum absolute atomic E-state index is 0.246. The zero-order chi connectivity index (χ0) is 11.5. The Balaban J connectivity index is 2.23. The third-order valence-corrected chi connectivity index (χ3v) is 2.39. The number of hydrogen-bond acceptors (Lipinski definition) is 5. The first-order chi connectivity index (χ1) is 7.68. The van der Waals surface area contributed by atoms with Crippen molar-refractivity contribution in [2.24, 2.45) is 0 Å². The summed E-state index contributed by atoms with van der Waals surface area (Å²) in [6.07, 6.45) is 2.06. The van der Waals surface area contributed by atoms with Crippen molar-refractivity contribution in [3.63, 3.8) is 0 Å². The summed E-state index contributed by atoms with van der Waals surface area (Å²) in [4.78, 5) is 20.1. The average Bonchev–Trinajstić information content (AvgIpc) is 2.30. The lowest BCUT2D eigenvalue weighted by molar-refractivity contribution is -0.138. The van der Waals surface area contributed by atoms with E-state index in [9.17, 15) is 9.18 Å². The maximum absolute atomic E-state index is 12.6. The van der Waals surface area contributed by atoms with Crippen LogP contribution in [0.5, 0.6) is 0 Å². The molecule has 6 nitrogen and oxygen atoms in total. The van der Waals surface area contributed by atoms with E-state index >= 15 is 0 Å². The van der Waals surface area contributed by atoms with Crippen molar-refractivity contribution in [2.45, 2.75) is 6.04 Å². The highest BCUT2D eigenvalue weighted by Gasteiger charge is 2.29. The fourth-order valence-corrected chi connectivity index (χ4v) is 1.62. The van der Waals surface area contributed by atoms with Gasteiger partial charge in [-0.2, -0.15) is 0 Å². The number of piperazine rings is 1. The Morgan fingerprint density at radius 3 is 2.88 bits per heavy atom. The number of carboxylic acids is 1. The topological polar surface area (TPSA) is 78.4 Å². The molecule has 16 heavy (non-hydrogen) atoms. The highest BCUT2D eigenvalue weighted by molar-refractivity contribution is 5.77. The molecule has 7 heteroatoms. The molecule has 2 rings (SSSR count). The molecular weight excluding hydrogens is 215 g/mol. The van der Waals surface area contributed by atoms with E-state index in [0.717, 1.165) is 12.4 Å². The third-order valence-electron chi connectivity index (χ3n) is 2.39. The van der Waals surface area contributed by atoms with Gasteiger partial charge in [-0.25, -0.2) is 19.2 Å². The Labute approximate surface area is 91.1 Å². The molecule has 0 saturated carbocycles. The van der Waals surface area contributed by atoms with Crippen molar-refractivity contribution >= 4 is 11.9 Å². The molecule has 1 atom stereocenters. The first-order valence-electron chi connectivity index (χ1n) is 4.86. The van der Waals surface area contributed by atoms with E-state index in [1.807, 2.05) is 0 Å². The van der Waals surface area contributed by atoms with Crippen LogP contribution in [0.2, 0.25) is 0 Å². The van der Waals surface area contributed by atoms with Crippen molar-refractivity contribution in [2.75, 3.05) is 24.5 Å². The Morgan fingerprint density at radius 2 is 2.25 bits per heavy atom. The minimum Gasteiger partial charge on any atom is -0.480 e. The highest BCUT2D eigenvalue weighted by atomic mass is 19.1. The molecule has 0 spiro atoms. The van der Waals surface area contributed by atoms with Gasteiger partial charge in [0.05, 0.1) is 12.4 Å². The molecule has 1 aromatic heterocycles. The molecule has 0 aromatic carbocycles. The van der Waals surface area contributed by atoms with Crippen LogP contribution in [0.3, 0.4) is 0 Å². The van der Waals surface area contributed by atoms with Gasteiger partial charge < -0.3 is 15.3 Å². The number of carboxylic acid groups (broad SMARTS) is 1. The number of rotatable bonds is 2. The van der Waals surface area contributed by atoms with Crippen LogP contribution in [-0.2, 0) is 4.79 Å². The molecule has 0 amide bonds. The van der Waals surface area contributed by atoms with Crippen molar-refractivity contribution in [1.82, 2.24) is 15.3 Å². The van der Waals surface area contributed by atoms with Gasteiger partial charge in [0.15, 0.2) is 5.82 Å². The molecule has 2 N–H and O–H groups in total. The standard InChI is InChI=1S/C9H11FN4O2/c10-6-3-12-9(13-4-6)14-2-1-11-5-7(14)8(15)16/h3-4,7,11H,1-2,5H2,(H,15,16)/t7-/m0/s1. The highest BCUT2D eigenvalue weighted by Crippen LogP contribution is 2.12. The Kier molecular flexibility index (Phi) is 2.95. The van der Waals surface area contributed by atoms with Gasteiger partial charge in [-0.1, -0.05) is 0 Å². The molecule has 1 aliphatic rings. The molecule has 0 bridgehead atoms. The Bertz CT molecular complexity index is 384. The van der Waals surface area contributed by atoms with Gasteiger partial charge in [0.25, 0.3) is 0 Å². The second kappa shape index (κ2) is 4.40. The number of hydrogen-bond donors (Lipinski definition) is 2. The van der Waals surface area contributed by atoms with Gasteiger partial charge in [-0.3, -0.25) is 0 Å². The molecule has 0 radical (unpaired) electrons. The van der Waals surface area contributed by atoms with Crippen LogP contribution in [0.1, 0.15) is 0 Å². The number of nitrogens with zero attached hydrogens (tertiary/aromatic N) is 3. The van der Waals surface area contributed by atoms with Gasteiger partial charge in [0, 0.05) is 19.6 Å². The van der Waals surface area contributed by atoms with Gasteiger partial charge in [-0.15, -0.1) is 0 Å². The van der Waals surface area contributed by atoms with Crippen LogP contribution < -0.4 is 10.2 Å². The van der Waals surface area contributed by atoms with Crippen LogP contribution in [-0.4, -0.2) is 46.7 Å². The maximum atomic E-state index is 12.6. The summed E-state index contributed by atoms with van der Waals surface area (Å²) >= 11 is 0. The SMILES string of the molecule is O=C(O)[C@@H]1CNCCN1c1ncc(F)cn1. The molecule has 1 fully saturated rings. The summed E-state index contributed by atoms with van der Waals surface area (Å²) in [5, 5.41) is 12.0. The number of anilines is 1. The van der Waals surface area contributed by atoms with Crippen molar-refractivity contribution in [1.29, 1.82) is 0 Å². The molecule has 2 heterocycles. The second-order valence-electron chi connectivity index (χ2n) is 3.45. The van der Waals surface area contributed by atoms with E-state index in [1.54, 1.807) is 4.90 Å². The molecule has 1 aromatic rings. The predicted octanol–water partition coefficient (Wildman–Crippen LogP) is -0.522. The van der Waals surface area contributed by atoms with Gasteiger partial charge in [0.2, 0.25) is 5.95 Å². The van der Waals surface area contributed by atoms with Crippen LogP contribution in [0.4, 0.5) is 10.3 Å². The molecular formula is C9H11FN4O2. The summed E-state index contributed by atoms with van der Waals surface area (Å²) in [6.45, 7) is 1.48. The quantitative estimate of drug-likeness (QED) is 0.706. The van der Waals surface area contributed by atoms with Crippen molar-refractivity contribution < 1.29 is 14.3 Å². The molecule has 0 unspecified atom stereocenters. The lowest BCUT2D eigenvalue weighted by atomic mass is 10.2. The lowest BCUT2D eigenvalue weighted by Crippen LogP contribution is -2.55. The summed E-state index contributed by atoms with van der Waals surface area (Å²) in [5.41, 5.74) is 0. The zero-order valence-corrected chi connectivity index (χ0v) is 8.43. The normalized spacial score (nSPS) is 20.8. The van der Waals surface area contributed by atoms with Gasteiger partial charge in [0.1, 0.15) is 6.04 Å². The Hall–Kier alpha value is -1.76. The maximum Gasteiger partial charge on any atom is 0.327 e. The average molecular weight is 226 g/mol. The minimum atomic E-state index is -0.944. The van der Waals surface area contributed by atoms with E-state index in [4.69, 9.17) is 5.11 Å². The van der Waals surface area contributed by atoms with Crippen LogP contribution in [0.25, 0.3) is 0 Å². The van der Waals surface area contributed by atoms with E-state index in [2.05, 4.69) is 15.3 Å². The number of aromatic nitrogens is 2. The van der Waals surface area contributed by atoms with Crippen molar-refractivity contribution in [3.05, 3.63) is 18.2 Å². The molecule has 1 aliphatic heterocycles. The van der Waals surface area contributed by atoms with E-state index < -0.39 is 17.8 Å². The lowest BCUT2D eigenvalue weighted by Gasteiger charge is -2.33. The number of carbonyl (C=O) groups is 1.